The molecule has 2 aromatic rings. The second-order valence-corrected chi connectivity index (χ2v) is 6.64. The normalized spacial score (nSPS) is 21.9. The molecule has 5 nitrogen and oxygen atoms in total. The molecule has 1 fully saturated rings. The fourth-order valence-corrected chi connectivity index (χ4v) is 3.24. The minimum Gasteiger partial charge on any atom is -0.481 e. The van der Waals surface area contributed by atoms with Crippen molar-refractivity contribution < 1.29 is 19.4 Å². The number of aliphatic carboxylic acids is 1. The molecule has 3 rings (SSSR count). The number of nitrogens with one attached hydrogen (secondary N) is 1. The van der Waals surface area contributed by atoms with E-state index in [9.17, 15) is 14.7 Å². The van der Waals surface area contributed by atoms with Gasteiger partial charge in [-0.15, -0.1) is 0 Å². The number of ether oxygens (including phenoxy) is 1. The molecule has 0 aliphatic heterocycles. The number of carbonyl (C=O) groups is 2. The molecule has 0 spiro atoms. The molecule has 0 saturated heterocycles. The van der Waals surface area contributed by atoms with Crippen LogP contribution < -0.4 is 5.32 Å². The number of halogens is 1. The van der Waals surface area contributed by atoms with Crippen molar-refractivity contribution in [2.45, 2.75) is 30.9 Å². The van der Waals surface area contributed by atoms with Crippen LogP contribution in [0.2, 0.25) is 5.02 Å². The zero-order valence-corrected chi connectivity index (χ0v) is 14.2. The summed E-state index contributed by atoms with van der Waals surface area (Å²) in [5.41, 5.74) is 0.606. The predicted octanol–water partition coefficient (Wildman–Crippen LogP) is 3.75. The second-order valence-electron chi connectivity index (χ2n) is 6.21. The highest BCUT2D eigenvalue weighted by Gasteiger charge is 2.52. The van der Waals surface area contributed by atoms with Crippen molar-refractivity contribution >= 4 is 23.7 Å². The van der Waals surface area contributed by atoms with E-state index in [0.29, 0.717) is 23.4 Å². The van der Waals surface area contributed by atoms with E-state index < -0.39 is 17.5 Å². The van der Waals surface area contributed by atoms with Crippen molar-refractivity contribution in [3.05, 3.63) is 70.7 Å². The zero-order chi connectivity index (χ0) is 17.9. The molecule has 0 unspecified atom stereocenters. The Labute approximate surface area is 150 Å². The lowest BCUT2D eigenvalue weighted by Gasteiger charge is -2.44. The average Bonchev–Trinajstić information content (AvgIpc) is 2.57. The van der Waals surface area contributed by atoms with Gasteiger partial charge in [0.15, 0.2) is 0 Å². The summed E-state index contributed by atoms with van der Waals surface area (Å²) in [4.78, 5) is 23.6. The number of hydrogen-bond donors (Lipinski definition) is 2. The fourth-order valence-electron chi connectivity index (χ4n) is 3.12. The summed E-state index contributed by atoms with van der Waals surface area (Å²) in [7, 11) is 0. The van der Waals surface area contributed by atoms with E-state index in [1.54, 1.807) is 24.3 Å². The number of carbonyl (C=O) groups excluding carboxylic acids is 1. The Morgan fingerprint density at radius 2 is 1.76 bits per heavy atom. The van der Waals surface area contributed by atoms with Gasteiger partial charge < -0.3 is 15.2 Å². The molecule has 130 valence electrons. The van der Waals surface area contributed by atoms with Crippen LogP contribution in [-0.2, 0) is 21.6 Å². The van der Waals surface area contributed by atoms with Crippen LogP contribution in [0.15, 0.2) is 54.6 Å². The molecule has 1 aliphatic rings. The van der Waals surface area contributed by atoms with Crippen molar-refractivity contribution in [3.8, 4) is 0 Å². The Morgan fingerprint density at radius 1 is 1.12 bits per heavy atom. The highest BCUT2D eigenvalue weighted by Crippen LogP contribution is 2.44. The van der Waals surface area contributed by atoms with E-state index in [1.807, 2.05) is 30.3 Å². The van der Waals surface area contributed by atoms with E-state index in [1.165, 1.54) is 0 Å². The lowest BCUT2D eigenvalue weighted by Crippen LogP contribution is -2.57. The lowest BCUT2D eigenvalue weighted by molar-refractivity contribution is -0.148. The summed E-state index contributed by atoms with van der Waals surface area (Å²) < 4.78 is 5.17. The number of hydrogen-bond acceptors (Lipinski definition) is 3. The highest BCUT2D eigenvalue weighted by molar-refractivity contribution is 6.30. The standard InChI is InChI=1S/C19H18ClNO4/c20-15-8-6-14(7-9-15)19(17(22)23)10-16(11-19)21-18(24)25-12-13-4-2-1-3-5-13/h1-9,16H,10-12H2,(H,21,24)(H,22,23). The minimum absolute atomic E-state index is 0.181. The van der Waals surface area contributed by atoms with Crippen LogP contribution in [0.1, 0.15) is 24.0 Å². The zero-order valence-electron chi connectivity index (χ0n) is 13.4. The number of alkyl carbamates (subject to hydrolysis) is 1. The van der Waals surface area contributed by atoms with Gasteiger partial charge in [0.25, 0.3) is 0 Å². The highest BCUT2D eigenvalue weighted by atomic mass is 35.5. The molecule has 1 saturated carbocycles. The summed E-state index contributed by atoms with van der Waals surface area (Å²) in [6.07, 6.45) is 0.110. The largest absolute Gasteiger partial charge is 0.481 e. The van der Waals surface area contributed by atoms with Gasteiger partial charge >= 0.3 is 12.1 Å². The third-order valence-corrected chi connectivity index (χ3v) is 4.78. The molecule has 0 atom stereocenters. The van der Waals surface area contributed by atoms with Crippen LogP contribution in [0.25, 0.3) is 0 Å². The van der Waals surface area contributed by atoms with Crippen molar-refractivity contribution in [1.82, 2.24) is 5.32 Å². The molecular formula is C19H18ClNO4. The molecule has 1 aliphatic carbocycles. The number of amides is 1. The van der Waals surface area contributed by atoms with Gasteiger partial charge in [-0.1, -0.05) is 54.1 Å². The summed E-state index contributed by atoms with van der Waals surface area (Å²) >= 11 is 5.86. The molecule has 2 aromatic carbocycles. The van der Waals surface area contributed by atoms with Gasteiger partial charge in [-0.2, -0.15) is 0 Å². The van der Waals surface area contributed by atoms with E-state index in [0.717, 1.165) is 5.56 Å². The molecular weight excluding hydrogens is 342 g/mol. The Morgan fingerprint density at radius 3 is 2.36 bits per heavy atom. The topological polar surface area (TPSA) is 75.6 Å². The molecule has 0 aromatic heterocycles. The quantitative estimate of drug-likeness (QED) is 0.852. The van der Waals surface area contributed by atoms with Gasteiger partial charge in [0.05, 0.1) is 5.41 Å². The third kappa shape index (κ3) is 3.77. The number of carboxylic acid groups (broad SMARTS) is 1. The maximum Gasteiger partial charge on any atom is 0.407 e. The summed E-state index contributed by atoms with van der Waals surface area (Å²) in [6.45, 7) is 0.181. The minimum atomic E-state index is -0.984. The Kier molecular flexibility index (Phi) is 4.95. The molecule has 0 heterocycles. The van der Waals surface area contributed by atoms with Gasteiger partial charge in [-0.3, -0.25) is 4.79 Å². The molecule has 6 heteroatoms. The molecule has 2 N–H and O–H groups in total. The van der Waals surface area contributed by atoms with Gasteiger partial charge in [0, 0.05) is 11.1 Å². The van der Waals surface area contributed by atoms with Crippen molar-refractivity contribution in [2.75, 3.05) is 0 Å². The molecule has 0 radical (unpaired) electrons. The van der Waals surface area contributed by atoms with Crippen molar-refractivity contribution in [2.24, 2.45) is 0 Å². The average molecular weight is 360 g/mol. The summed E-state index contributed by atoms with van der Waals surface area (Å²) in [5, 5.41) is 12.9. The number of rotatable bonds is 5. The molecule has 0 bridgehead atoms. The van der Waals surface area contributed by atoms with Crippen LogP contribution in [0.4, 0.5) is 4.79 Å². The Bertz CT molecular complexity index is 755. The number of carboxylic acids is 1. The van der Waals surface area contributed by atoms with Crippen LogP contribution >= 0.6 is 11.6 Å². The predicted molar refractivity (Wildman–Crippen MR) is 93.6 cm³/mol. The maximum absolute atomic E-state index is 11.9. The van der Waals surface area contributed by atoms with E-state index in [-0.39, 0.29) is 12.6 Å². The maximum atomic E-state index is 11.9. The Balaban J connectivity index is 1.55. The van der Waals surface area contributed by atoms with E-state index in [2.05, 4.69) is 5.32 Å². The summed E-state index contributed by atoms with van der Waals surface area (Å²) in [5.74, 6) is -0.898. The van der Waals surface area contributed by atoms with Crippen LogP contribution in [0.3, 0.4) is 0 Å². The number of benzene rings is 2. The first-order valence-corrected chi connectivity index (χ1v) is 8.34. The van der Waals surface area contributed by atoms with Gasteiger partial charge in [-0.25, -0.2) is 4.79 Å². The first-order valence-electron chi connectivity index (χ1n) is 7.96. The van der Waals surface area contributed by atoms with Crippen LogP contribution in [0.5, 0.6) is 0 Å². The smallest absolute Gasteiger partial charge is 0.407 e. The van der Waals surface area contributed by atoms with Gasteiger partial charge in [0.2, 0.25) is 0 Å². The van der Waals surface area contributed by atoms with Gasteiger partial charge in [0.1, 0.15) is 6.61 Å². The SMILES string of the molecule is O=C(NC1CC(C(=O)O)(c2ccc(Cl)cc2)C1)OCc1ccccc1. The van der Waals surface area contributed by atoms with E-state index >= 15 is 0 Å². The summed E-state index contributed by atoms with van der Waals surface area (Å²) in [6, 6.07) is 15.9. The van der Waals surface area contributed by atoms with Crippen molar-refractivity contribution in [3.63, 3.8) is 0 Å². The van der Waals surface area contributed by atoms with Crippen LogP contribution in [0, 0.1) is 0 Å². The first kappa shape index (κ1) is 17.3. The van der Waals surface area contributed by atoms with Gasteiger partial charge in [-0.05, 0) is 36.1 Å². The Hall–Kier alpha value is -2.53. The third-order valence-electron chi connectivity index (χ3n) is 4.53. The monoisotopic (exact) mass is 359 g/mol. The second kappa shape index (κ2) is 7.15. The first-order chi connectivity index (χ1) is 12.0. The fraction of sp³-hybridized carbons (Fsp3) is 0.263. The van der Waals surface area contributed by atoms with Crippen molar-refractivity contribution in [1.29, 1.82) is 0 Å². The molecule has 1 amide bonds. The van der Waals surface area contributed by atoms with Crippen LogP contribution in [-0.4, -0.2) is 23.2 Å². The molecule has 25 heavy (non-hydrogen) atoms. The van der Waals surface area contributed by atoms with E-state index in [4.69, 9.17) is 16.3 Å². The lowest BCUT2D eigenvalue weighted by atomic mass is 9.61.